The molecule has 23 nitrogen and oxygen atoms in total. The maximum atomic E-state index is 13.8. The zero-order chi connectivity index (χ0) is 77.8. The molecule has 31 heteroatoms. The number of esters is 1. The van der Waals surface area contributed by atoms with Crippen molar-refractivity contribution >= 4 is 172 Å². The Kier molecular flexibility index (Phi) is 29.0. The number of benzene rings is 5. The predicted molar refractivity (Wildman–Crippen MR) is 445 cm³/mol. The van der Waals surface area contributed by atoms with Gasteiger partial charge in [-0.3, -0.25) is 53.5 Å². The number of piperazine rings is 1. The van der Waals surface area contributed by atoms with E-state index in [0.717, 1.165) is 110 Å². The molecule has 5 aromatic carbocycles. The molecule has 5 aromatic heterocycles. The number of fused-ring (bicyclic) bond motifs is 2. The van der Waals surface area contributed by atoms with Gasteiger partial charge in [0, 0.05) is 98.0 Å². The number of amides is 5. The second-order valence-electron chi connectivity index (χ2n) is 25.6. The maximum Gasteiger partial charge on any atom is 0.309 e. The van der Waals surface area contributed by atoms with Gasteiger partial charge in [-0.15, -0.1) is 0 Å². The molecule has 4 aliphatic heterocycles. The van der Waals surface area contributed by atoms with Crippen LogP contribution >= 0.6 is 83.1 Å². The van der Waals surface area contributed by atoms with Gasteiger partial charge < -0.3 is 34.5 Å². The van der Waals surface area contributed by atoms with Crippen LogP contribution in [0.5, 0.6) is 5.75 Å². The lowest BCUT2D eigenvalue weighted by atomic mass is 9.97. The summed E-state index contributed by atoms with van der Waals surface area (Å²) in [5.74, 6) is 1.07. The highest BCUT2D eigenvalue weighted by atomic mass is 35.5. The molecule has 4 saturated heterocycles. The minimum Gasteiger partial charge on any atom is -0.494 e. The van der Waals surface area contributed by atoms with Gasteiger partial charge in [0.25, 0.3) is 11.8 Å². The number of hydrogen-bond donors (Lipinski definition) is 3. The molecule has 0 aliphatic carbocycles. The number of likely N-dealkylation sites (tertiary alicyclic amines) is 1. The molecule has 0 radical (unpaired) electrons. The highest BCUT2D eigenvalue weighted by Crippen LogP contribution is 2.37. The second-order valence-corrected chi connectivity index (χ2v) is 30.7. The fraction of sp³-hybridized carbons (Fsp3) is 0.291. The van der Waals surface area contributed by atoms with E-state index in [9.17, 15) is 33.2 Å². The number of thiocarbonyl (C=S) groups is 2. The van der Waals surface area contributed by atoms with Gasteiger partial charge in [0.15, 0.2) is 10.6 Å². The van der Waals surface area contributed by atoms with E-state index in [0.29, 0.717) is 97.7 Å². The summed E-state index contributed by atoms with van der Waals surface area (Å²) in [7, 11) is 2.03. The summed E-state index contributed by atoms with van der Waals surface area (Å²) in [5, 5.41) is 20.0. The number of likely N-dealkylation sites (N-methyl/N-ethyl adjacent to an activating group) is 1. The first-order valence-electron chi connectivity index (χ1n) is 35.8. The fourth-order valence-electron chi connectivity index (χ4n) is 12.2. The second kappa shape index (κ2) is 39.2. The molecule has 5 amide bonds. The number of carbonyl (C=O) groups excluding carboxylic acids is 6. The Morgan fingerprint density at radius 3 is 2.09 bits per heavy atom. The van der Waals surface area contributed by atoms with E-state index in [4.69, 9.17) is 62.7 Å². The number of thiazole rings is 1. The monoisotopic (exact) mass is 1610 g/mol. The van der Waals surface area contributed by atoms with Gasteiger partial charge >= 0.3 is 5.97 Å². The average Bonchev–Trinajstić information content (AvgIpc) is 1.28. The van der Waals surface area contributed by atoms with Crippen molar-refractivity contribution in [1.82, 2.24) is 64.0 Å². The number of aromatic nitrogens is 8. The first-order chi connectivity index (χ1) is 53.2. The van der Waals surface area contributed by atoms with E-state index in [2.05, 4.69) is 64.8 Å². The number of thioether (sulfide) groups is 2. The number of aryl methyl sites for hydroxylation is 1. The van der Waals surface area contributed by atoms with Gasteiger partial charge in [-0.1, -0.05) is 150 Å². The number of H-pyrrole nitrogens is 1. The molecule has 110 heavy (non-hydrogen) atoms. The molecule has 570 valence electrons. The molecule has 0 bridgehead atoms. The smallest absolute Gasteiger partial charge is 0.309 e. The first kappa shape index (κ1) is 81.2. The average molecular weight is 1620 g/mol. The summed E-state index contributed by atoms with van der Waals surface area (Å²) in [6, 6.07) is 45.0. The normalized spacial score (nSPS) is 15.5. The summed E-state index contributed by atoms with van der Waals surface area (Å²) < 4.78 is 30.8. The first-order valence-corrected chi connectivity index (χ1v) is 39.9. The number of hydrogen-bond acceptors (Lipinski definition) is 21. The number of para-hydroxylation sites is 2. The predicted octanol–water partition coefficient (Wildman–Crippen LogP) is 14.8. The third-order valence-corrected chi connectivity index (χ3v) is 22.3. The number of nitrogens with zero attached hydrogens (tertiary/aromatic N) is 12. The van der Waals surface area contributed by atoms with Crippen LogP contribution in [0, 0.1) is 23.4 Å². The number of rotatable bonds is 21. The molecule has 14 rings (SSSR count). The van der Waals surface area contributed by atoms with Gasteiger partial charge in [0.2, 0.25) is 22.9 Å². The minimum absolute atomic E-state index is 0.0326. The molecule has 10 aromatic rings. The lowest BCUT2D eigenvalue weighted by Gasteiger charge is -2.32. The van der Waals surface area contributed by atoms with Gasteiger partial charge in [0.05, 0.1) is 74.5 Å². The largest absolute Gasteiger partial charge is 0.494 e. The summed E-state index contributed by atoms with van der Waals surface area (Å²) in [4.78, 5) is 97.4. The molecule has 9 heterocycles. The topological polar surface area (TPSA) is 251 Å². The molecular formula is C79H81ClFN15O8S6. The van der Waals surface area contributed by atoms with Crippen molar-refractivity contribution in [3.63, 3.8) is 0 Å². The van der Waals surface area contributed by atoms with E-state index in [-0.39, 0.29) is 73.2 Å². The Balaban J connectivity index is 0.000000146. The minimum atomic E-state index is -0.386. The zero-order valence-corrected chi connectivity index (χ0v) is 66.8. The van der Waals surface area contributed by atoms with Crippen LogP contribution in [0.15, 0.2) is 168 Å². The van der Waals surface area contributed by atoms with Crippen molar-refractivity contribution in [3.05, 3.63) is 200 Å². The van der Waals surface area contributed by atoms with Gasteiger partial charge in [-0.05, 0) is 158 Å². The van der Waals surface area contributed by atoms with Crippen LogP contribution in [0.1, 0.15) is 69.7 Å². The highest BCUT2D eigenvalue weighted by molar-refractivity contribution is 8.27. The molecule has 4 aliphatic rings. The van der Waals surface area contributed by atoms with Crippen molar-refractivity contribution in [2.24, 2.45) is 5.92 Å². The van der Waals surface area contributed by atoms with Crippen LogP contribution in [0.2, 0.25) is 5.02 Å². The molecule has 0 spiro atoms. The fourth-order valence-corrected chi connectivity index (χ4v) is 16.2. The van der Waals surface area contributed by atoms with Gasteiger partial charge in [-0.2, -0.15) is 14.9 Å². The number of nitrogens with one attached hydrogen (secondary N) is 3. The lowest BCUT2D eigenvalue weighted by molar-refractivity contribution is -0.149. The van der Waals surface area contributed by atoms with Crippen molar-refractivity contribution in [2.75, 3.05) is 89.8 Å². The van der Waals surface area contributed by atoms with Crippen LogP contribution < -0.4 is 15.4 Å². The number of pyridine rings is 2. The summed E-state index contributed by atoms with van der Waals surface area (Å²) >= 11 is 26.0. The molecular weight excluding hydrogens is 1530 g/mol. The zero-order valence-electron chi connectivity index (χ0n) is 61.1. The summed E-state index contributed by atoms with van der Waals surface area (Å²) in [5.41, 5.74) is 7.29. The maximum absolute atomic E-state index is 13.8. The number of ether oxygens (including phenoxy) is 2. The van der Waals surface area contributed by atoms with Crippen LogP contribution in [-0.4, -0.2) is 187 Å². The van der Waals surface area contributed by atoms with Crippen LogP contribution in [0.4, 0.5) is 15.9 Å². The standard InChI is InChI=1S/C21H25N5O3S.C21H20N4OS.C19H16ClN3O2S2.C18H20FN3O2S2/c1-3-29-20(28)15-8-10-25(11-9-15)13-19(27)23-18-12-14(2)24-26(18)21-22-16-6-4-5-7-17(16)30-21;1-3-25-20(23-24-21(25)27)17-13-19(22-18-11-6-5-10-16(17)18)14-8-7-9-15(12-14)26-4-2;20-15-7-2-1-5-13(15)11-16-18(25)23(19(26)27-16)10-4-8-17(24)22-14-6-3-9-21-12-14;1-20-8-10-21(11-9-20)16(23)6-7-22-17(24)15(26-18(22)25)12-13-4-2-3-5-14(13)19/h4-7,12,15H,3,8-11,13H2,1-2H3,(H,23,27);5-13H,3-4H2,1-2H3,(H,24,27);1-3,5-7,9,11-12H,4,8,10H2,(H,22,24);2-5,12H,6-11H2,1H3/b;;16-11-;15-12+. The highest BCUT2D eigenvalue weighted by Gasteiger charge is 2.35. The molecule has 4 fully saturated rings. The van der Waals surface area contributed by atoms with Crippen molar-refractivity contribution in [2.45, 2.75) is 66.3 Å². The number of anilines is 2. The van der Waals surface area contributed by atoms with E-state index in [1.54, 1.807) is 59.5 Å². The Hall–Kier alpha value is -9.76. The summed E-state index contributed by atoms with van der Waals surface area (Å²) in [6.45, 7) is 15.0. The lowest BCUT2D eigenvalue weighted by Crippen LogP contribution is -2.47. The third kappa shape index (κ3) is 21.4. The Labute approximate surface area is 669 Å². The molecule has 0 saturated carbocycles. The van der Waals surface area contributed by atoms with Crippen molar-refractivity contribution < 1.29 is 42.6 Å². The number of piperidine rings is 1. The van der Waals surface area contributed by atoms with E-state index < -0.39 is 0 Å². The summed E-state index contributed by atoms with van der Waals surface area (Å²) in [6.07, 6.45) is 8.95. The third-order valence-electron chi connectivity index (χ3n) is 17.9. The van der Waals surface area contributed by atoms with E-state index in [1.807, 2.05) is 128 Å². The van der Waals surface area contributed by atoms with E-state index in [1.165, 1.54) is 45.0 Å². The Morgan fingerprint density at radius 1 is 0.718 bits per heavy atom. The Bertz CT molecular complexity index is 5100. The number of aromatic amines is 1. The van der Waals surface area contributed by atoms with Gasteiger partial charge in [-0.25, -0.2) is 14.4 Å². The number of carbonyl (C=O) groups is 6. The van der Waals surface area contributed by atoms with E-state index >= 15 is 0 Å². The number of halogens is 2. The van der Waals surface area contributed by atoms with Crippen LogP contribution in [-0.2, 0) is 40.0 Å². The van der Waals surface area contributed by atoms with Gasteiger partial charge in [0.1, 0.15) is 26.0 Å². The van der Waals surface area contributed by atoms with Crippen molar-refractivity contribution in [3.8, 4) is 33.5 Å². The van der Waals surface area contributed by atoms with Crippen molar-refractivity contribution in [1.29, 1.82) is 0 Å². The Morgan fingerprint density at radius 2 is 1.40 bits per heavy atom. The SMILES string of the molecule is CCOC(=O)C1CCN(CC(=O)Nc2cc(C)nn2-c2nc3ccccc3s2)CC1.CCOc1cccc(-c2cc(-c3n[nH]c(=S)n3CC)c3ccccc3n2)c1.CN1CCN(C(=O)CCN2C(=O)/C(=C\c3ccccc3F)SC2=S)CC1.O=C(CCCN1C(=O)/C(=C/c2ccccc2Cl)SC1=S)Nc1cccnc1. The quantitative estimate of drug-likeness (QED) is 0.0343. The van der Waals surface area contributed by atoms with Crippen LogP contribution in [0.25, 0.3) is 61.0 Å². The molecule has 0 atom stereocenters. The molecule has 3 N–H and O–H groups in total. The molecule has 0 unspecified atom stereocenters. The van der Waals surface area contributed by atoms with Crippen LogP contribution in [0.3, 0.4) is 0 Å².